The highest BCUT2D eigenvalue weighted by Gasteiger charge is 2.51. The molecule has 0 N–H and O–H groups in total. The van der Waals surface area contributed by atoms with Crippen LogP contribution in [-0.4, -0.2) is 47.0 Å². The molecule has 4 fully saturated rings. The summed E-state index contributed by atoms with van der Waals surface area (Å²) in [6.07, 6.45) is 9.20. The van der Waals surface area contributed by atoms with Crippen LogP contribution in [0.3, 0.4) is 0 Å². The van der Waals surface area contributed by atoms with Gasteiger partial charge in [-0.2, -0.15) is 0 Å². The first-order valence-electron chi connectivity index (χ1n) is 14.2. The first kappa shape index (κ1) is 25.4. The average molecular weight is 487 g/mol. The van der Waals surface area contributed by atoms with Crippen molar-refractivity contribution in [1.82, 2.24) is 9.80 Å². The normalized spacial score (nSPS) is 31.7. The van der Waals surface area contributed by atoms with Crippen LogP contribution < -0.4 is 0 Å². The third-order valence-electron chi connectivity index (χ3n) is 9.22. The monoisotopic (exact) mass is 486 g/mol. The van der Waals surface area contributed by atoms with Crippen LogP contribution in [0.5, 0.6) is 0 Å². The fourth-order valence-electron chi connectivity index (χ4n) is 7.14. The van der Waals surface area contributed by atoms with Crippen LogP contribution in [0.15, 0.2) is 60.7 Å². The minimum atomic E-state index is -0.308. The van der Waals surface area contributed by atoms with Crippen LogP contribution in [0.2, 0.25) is 0 Å². The molecule has 4 nitrogen and oxygen atoms in total. The van der Waals surface area contributed by atoms with Crippen molar-refractivity contribution in [2.45, 2.75) is 88.8 Å². The topological polar surface area (TPSA) is 40.6 Å². The van der Waals surface area contributed by atoms with E-state index in [2.05, 4.69) is 72.2 Å². The second kappa shape index (κ2) is 10.6. The molecule has 2 aromatic carbocycles. The van der Waals surface area contributed by atoms with E-state index in [4.69, 9.17) is 0 Å². The third-order valence-corrected chi connectivity index (χ3v) is 9.22. The van der Waals surface area contributed by atoms with E-state index in [0.717, 1.165) is 64.1 Å². The Morgan fingerprint density at radius 1 is 0.694 bits per heavy atom. The molecule has 2 aliphatic carbocycles. The highest BCUT2D eigenvalue weighted by atomic mass is 16.1. The largest absolute Gasteiger partial charge is 0.297 e. The maximum Gasteiger partial charge on any atom is 0.157 e. The number of hydrogen-bond acceptors (Lipinski definition) is 4. The molecule has 36 heavy (non-hydrogen) atoms. The molecular weight excluding hydrogens is 444 g/mol. The molecule has 4 heteroatoms. The van der Waals surface area contributed by atoms with Crippen LogP contribution in [-0.2, 0) is 20.7 Å². The summed E-state index contributed by atoms with van der Waals surface area (Å²) in [7, 11) is 0. The minimum Gasteiger partial charge on any atom is -0.297 e. The number of nitrogens with zero attached hydrogens (tertiary/aromatic N) is 2. The van der Waals surface area contributed by atoms with E-state index in [-0.39, 0.29) is 11.1 Å². The zero-order valence-electron chi connectivity index (χ0n) is 22.1. The van der Waals surface area contributed by atoms with Crippen LogP contribution in [0.1, 0.15) is 82.8 Å². The van der Waals surface area contributed by atoms with Gasteiger partial charge >= 0.3 is 0 Å². The SMILES string of the molecule is CC1CCN1[C@]1(c2ccccc2)CCCCC1=O.CC1CN([C@]2(c3ccccc3)CCCCC2=O)C1. The molecule has 0 aromatic heterocycles. The van der Waals surface area contributed by atoms with Gasteiger partial charge in [0.05, 0.1) is 0 Å². The van der Waals surface area contributed by atoms with Crippen molar-refractivity contribution in [3.05, 3.63) is 71.8 Å². The van der Waals surface area contributed by atoms with Crippen molar-refractivity contribution < 1.29 is 9.59 Å². The predicted octanol–water partition coefficient (Wildman–Crippen LogP) is 6.10. The Balaban J connectivity index is 0.000000148. The lowest BCUT2D eigenvalue weighted by Crippen LogP contribution is -2.62. The van der Waals surface area contributed by atoms with Crippen molar-refractivity contribution in [3.8, 4) is 0 Å². The molecule has 4 aliphatic rings. The Labute approximate surface area is 217 Å². The predicted molar refractivity (Wildman–Crippen MR) is 145 cm³/mol. The molecule has 2 heterocycles. The molecule has 1 unspecified atom stereocenters. The molecule has 2 saturated heterocycles. The van der Waals surface area contributed by atoms with Gasteiger partial charge in [0.15, 0.2) is 11.6 Å². The zero-order valence-corrected chi connectivity index (χ0v) is 22.1. The minimum absolute atomic E-state index is 0.300. The van der Waals surface area contributed by atoms with Crippen molar-refractivity contribution in [2.24, 2.45) is 5.92 Å². The van der Waals surface area contributed by atoms with E-state index in [9.17, 15) is 9.59 Å². The van der Waals surface area contributed by atoms with Crippen LogP contribution in [0, 0.1) is 5.92 Å². The highest BCUT2D eigenvalue weighted by Crippen LogP contribution is 2.45. The number of hydrogen-bond donors (Lipinski definition) is 0. The summed E-state index contributed by atoms with van der Waals surface area (Å²) in [5, 5.41) is 0. The molecule has 2 saturated carbocycles. The van der Waals surface area contributed by atoms with Gasteiger partial charge in [0, 0.05) is 38.5 Å². The molecule has 192 valence electrons. The summed E-state index contributed by atoms with van der Waals surface area (Å²) < 4.78 is 0. The lowest BCUT2D eigenvalue weighted by atomic mass is 9.72. The van der Waals surface area contributed by atoms with E-state index in [1.807, 2.05) is 12.1 Å². The quantitative estimate of drug-likeness (QED) is 0.524. The summed E-state index contributed by atoms with van der Waals surface area (Å²) in [5.41, 5.74) is 1.81. The number of Topliss-reactive ketones (excluding diaryl/α,β-unsaturated/α-hetero) is 2. The summed E-state index contributed by atoms with van der Waals surface area (Å²) in [4.78, 5) is 30.1. The maximum absolute atomic E-state index is 12.7. The molecule has 0 bridgehead atoms. The van der Waals surface area contributed by atoms with Gasteiger partial charge in [-0.1, -0.05) is 80.4 Å². The van der Waals surface area contributed by atoms with Gasteiger partial charge in [-0.25, -0.2) is 0 Å². The Kier molecular flexibility index (Phi) is 7.46. The average Bonchev–Trinajstić information content (AvgIpc) is 2.89. The second-order valence-corrected chi connectivity index (χ2v) is 11.6. The molecule has 0 spiro atoms. The summed E-state index contributed by atoms with van der Waals surface area (Å²) in [6.45, 7) is 7.72. The standard InChI is InChI=1S/2C16H21NO/c1-13-10-12-17(13)16(11-6-5-9-15(16)18)14-7-3-2-4-8-14;1-13-11-17(12-13)16(10-6-5-9-15(16)18)14-7-3-2-4-8-14/h2*2-4,7-8,13H,5-6,9-12H2,1H3/t13?,16-;16-/m00/s1. The van der Waals surface area contributed by atoms with Gasteiger partial charge in [0.25, 0.3) is 0 Å². The zero-order chi connectivity index (χ0) is 25.2. The molecule has 0 radical (unpaired) electrons. The van der Waals surface area contributed by atoms with E-state index >= 15 is 0 Å². The van der Waals surface area contributed by atoms with E-state index in [1.165, 1.54) is 30.4 Å². The Hall–Kier alpha value is -2.30. The Bertz CT molecular complexity index is 1050. The number of likely N-dealkylation sites (tertiary alicyclic amines) is 2. The molecule has 6 rings (SSSR count). The van der Waals surface area contributed by atoms with Gasteiger partial charge in [0.2, 0.25) is 0 Å². The number of carbonyl (C=O) groups excluding carboxylic acids is 2. The summed E-state index contributed by atoms with van der Waals surface area (Å²) in [6, 6.07) is 21.4. The number of carbonyl (C=O) groups is 2. The van der Waals surface area contributed by atoms with Crippen LogP contribution >= 0.6 is 0 Å². The van der Waals surface area contributed by atoms with Crippen molar-refractivity contribution >= 4 is 11.6 Å². The molecule has 0 amide bonds. The second-order valence-electron chi connectivity index (χ2n) is 11.6. The van der Waals surface area contributed by atoms with E-state index < -0.39 is 0 Å². The Morgan fingerprint density at radius 2 is 1.19 bits per heavy atom. The van der Waals surface area contributed by atoms with Gasteiger partial charge in [-0.05, 0) is 56.1 Å². The maximum atomic E-state index is 12.7. The molecule has 2 aromatic rings. The Morgan fingerprint density at radius 3 is 1.61 bits per heavy atom. The van der Waals surface area contributed by atoms with Gasteiger partial charge in [-0.3, -0.25) is 19.4 Å². The van der Waals surface area contributed by atoms with Gasteiger partial charge in [-0.15, -0.1) is 0 Å². The molecule has 3 atom stereocenters. The van der Waals surface area contributed by atoms with Gasteiger partial charge in [0.1, 0.15) is 11.1 Å². The number of ketones is 2. The first-order valence-corrected chi connectivity index (χ1v) is 14.2. The molecular formula is C32H42N2O2. The summed E-state index contributed by atoms with van der Waals surface area (Å²) >= 11 is 0. The third kappa shape index (κ3) is 4.37. The fourth-order valence-corrected chi connectivity index (χ4v) is 7.14. The number of benzene rings is 2. The van der Waals surface area contributed by atoms with E-state index in [0.29, 0.717) is 17.6 Å². The lowest BCUT2D eigenvalue weighted by Gasteiger charge is -2.53. The van der Waals surface area contributed by atoms with E-state index in [1.54, 1.807) is 0 Å². The van der Waals surface area contributed by atoms with Gasteiger partial charge < -0.3 is 0 Å². The van der Waals surface area contributed by atoms with Crippen LogP contribution in [0.25, 0.3) is 0 Å². The van der Waals surface area contributed by atoms with Crippen molar-refractivity contribution in [1.29, 1.82) is 0 Å². The van der Waals surface area contributed by atoms with Crippen molar-refractivity contribution in [3.63, 3.8) is 0 Å². The molecule has 2 aliphatic heterocycles. The number of rotatable bonds is 4. The van der Waals surface area contributed by atoms with Crippen molar-refractivity contribution in [2.75, 3.05) is 19.6 Å². The smallest absolute Gasteiger partial charge is 0.157 e. The summed E-state index contributed by atoms with van der Waals surface area (Å²) in [5.74, 6) is 1.61. The first-order chi connectivity index (χ1) is 17.5. The van der Waals surface area contributed by atoms with Crippen LogP contribution in [0.4, 0.5) is 0 Å². The lowest BCUT2D eigenvalue weighted by molar-refractivity contribution is -0.143. The highest BCUT2D eigenvalue weighted by molar-refractivity contribution is 5.91. The fraction of sp³-hybridized carbons (Fsp3) is 0.562.